The molecule has 0 aliphatic heterocycles. The van der Waals surface area contributed by atoms with Crippen molar-refractivity contribution in [2.24, 2.45) is 0 Å². The first-order chi connectivity index (χ1) is 9.29. The molecule has 0 aliphatic rings. The topological polar surface area (TPSA) is 53.7 Å². The lowest BCUT2D eigenvalue weighted by Gasteiger charge is -2.10. The third kappa shape index (κ3) is 3.81. The average molecular weight is 259 g/mol. The molecule has 0 aromatic heterocycles. The molecule has 0 saturated carbocycles. The Morgan fingerprint density at radius 1 is 0.895 bits per heavy atom. The third-order valence-electron chi connectivity index (χ3n) is 2.57. The molecule has 2 aromatic carbocycles. The van der Waals surface area contributed by atoms with Gasteiger partial charge in [0, 0.05) is 6.07 Å². The number of para-hydroxylation sites is 2. The summed E-state index contributed by atoms with van der Waals surface area (Å²) in [4.78, 5) is 0. The van der Waals surface area contributed by atoms with Crippen molar-refractivity contribution in [1.29, 1.82) is 0 Å². The molecule has 0 radical (unpaired) electrons. The molecule has 0 amide bonds. The second-order valence-corrected chi connectivity index (χ2v) is 3.91. The minimum Gasteiger partial charge on any atom is -0.497 e. The summed E-state index contributed by atoms with van der Waals surface area (Å²) in [6, 6.07) is 14.8. The molecule has 4 nitrogen and oxygen atoms in total. The van der Waals surface area contributed by atoms with Gasteiger partial charge in [0.2, 0.25) is 0 Å². The van der Waals surface area contributed by atoms with Crippen LogP contribution in [0.2, 0.25) is 0 Å². The normalized spacial score (nSPS) is 9.95. The summed E-state index contributed by atoms with van der Waals surface area (Å²) in [6.45, 7) is 0.882. The van der Waals surface area contributed by atoms with E-state index in [-0.39, 0.29) is 0 Å². The van der Waals surface area contributed by atoms with E-state index in [9.17, 15) is 0 Å². The molecule has 2 rings (SSSR count). The van der Waals surface area contributed by atoms with Crippen molar-refractivity contribution < 1.29 is 14.2 Å². The van der Waals surface area contributed by atoms with Gasteiger partial charge >= 0.3 is 0 Å². The first-order valence-electron chi connectivity index (χ1n) is 6.04. The minimum absolute atomic E-state index is 0.436. The molecular weight excluding hydrogens is 242 g/mol. The van der Waals surface area contributed by atoms with Crippen molar-refractivity contribution in [3.8, 4) is 17.2 Å². The Hall–Kier alpha value is -2.36. The van der Waals surface area contributed by atoms with Crippen LogP contribution in [0.4, 0.5) is 5.69 Å². The Labute approximate surface area is 112 Å². The van der Waals surface area contributed by atoms with Crippen LogP contribution >= 0.6 is 0 Å². The highest BCUT2D eigenvalue weighted by Crippen LogP contribution is 2.20. The number of methoxy groups -OCH3 is 1. The molecule has 100 valence electrons. The zero-order chi connectivity index (χ0) is 13.5. The van der Waals surface area contributed by atoms with E-state index in [1.807, 2.05) is 42.5 Å². The van der Waals surface area contributed by atoms with Crippen molar-refractivity contribution in [3.63, 3.8) is 0 Å². The standard InChI is InChI=1S/C15H17NO3/c1-17-12-5-4-6-13(11-12)18-9-10-19-15-8-3-2-7-14(15)16/h2-8,11H,9-10,16H2,1H3. The molecule has 0 unspecified atom stereocenters. The summed E-state index contributed by atoms with van der Waals surface area (Å²) in [7, 11) is 1.63. The number of rotatable bonds is 6. The Bertz CT molecular complexity index is 528. The number of anilines is 1. The van der Waals surface area contributed by atoms with E-state index in [0.717, 1.165) is 11.5 Å². The highest BCUT2D eigenvalue weighted by Gasteiger charge is 1.99. The van der Waals surface area contributed by atoms with E-state index in [4.69, 9.17) is 19.9 Å². The smallest absolute Gasteiger partial charge is 0.142 e. The van der Waals surface area contributed by atoms with Crippen LogP contribution in [0.3, 0.4) is 0 Å². The highest BCUT2D eigenvalue weighted by molar-refractivity contribution is 5.51. The lowest BCUT2D eigenvalue weighted by atomic mass is 10.3. The van der Waals surface area contributed by atoms with Crippen LogP contribution in [0.15, 0.2) is 48.5 Å². The molecule has 4 heteroatoms. The Kier molecular flexibility index (Phi) is 4.50. The Balaban J connectivity index is 1.79. The van der Waals surface area contributed by atoms with Crippen LogP contribution in [-0.4, -0.2) is 20.3 Å². The molecule has 0 bridgehead atoms. The van der Waals surface area contributed by atoms with Gasteiger partial charge in [-0.3, -0.25) is 0 Å². The summed E-state index contributed by atoms with van der Waals surface area (Å²) in [5.41, 5.74) is 6.40. The summed E-state index contributed by atoms with van der Waals surface area (Å²) in [5.74, 6) is 2.20. The van der Waals surface area contributed by atoms with Crippen LogP contribution in [-0.2, 0) is 0 Å². The highest BCUT2D eigenvalue weighted by atomic mass is 16.5. The summed E-state index contributed by atoms with van der Waals surface area (Å²) >= 11 is 0. The van der Waals surface area contributed by atoms with Gasteiger partial charge in [-0.05, 0) is 24.3 Å². The number of benzene rings is 2. The van der Waals surface area contributed by atoms with Crippen molar-refractivity contribution >= 4 is 5.69 Å². The van der Waals surface area contributed by atoms with Crippen LogP contribution in [0.1, 0.15) is 0 Å². The maximum absolute atomic E-state index is 5.77. The SMILES string of the molecule is COc1cccc(OCCOc2ccccc2N)c1. The summed E-state index contributed by atoms with van der Waals surface area (Å²) < 4.78 is 16.2. The fraction of sp³-hybridized carbons (Fsp3) is 0.200. The van der Waals surface area contributed by atoms with Gasteiger partial charge in [-0.25, -0.2) is 0 Å². The molecule has 19 heavy (non-hydrogen) atoms. The largest absolute Gasteiger partial charge is 0.497 e. The molecule has 2 aromatic rings. The summed E-state index contributed by atoms with van der Waals surface area (Å²) in [5, 5.41) is 0. The number of hydrogen-bond donors (Lipinski definition) is 1. The molecule has 2 N–H and O–H groups in total. The van der Waals surface area contributed by atoms with E-state index in [1.54, 1.807) is 13.2 Å². The van der Waals surface area contributed by atoms with Crippen molar-refractivity contribution in [2.45, 2.75) is 0 Å². The van der Waals surface area contributed by atoms with Gasteiger partial charge in [-0.15, -0.1) is 0 Å². The van der Waals surface area contributed by atoms with Gasteiger partial charge in [-0.1, -0.05) is 18.2 Å². The molecular formula is C15H17NO3. The molecule has 0 heterocycles. The molecule has 0 fully saturated rings. The van der Waals surface area contributed by atoms with Gasteiger partial charge in [-0.2, -0.15) is 0 Å². The van der Waals surface area contributed by atoms with Crippen LogP contribution in [0, 0.1) is 0 Å². The number of nitrogen functional groups attached to an aromatic ring is 1. The number of ether oxygens (including phenoxy) is 3. The number of hydrogen-bond acceptors (Lipinski definition) is 4. The predicted molar refractivity (Wildman–Crippen MR) is 74.8 cm³/mol. The van der Waals surface area contributed by atoms with Crippen molar-refractivity contribution in [3.05, 3.63) is 48.5 Å². The fourth-order valence-electron chi connectivity index (χ4n) is 1.61. The minimum atomic E-state index is 0.436. The molecule has 0 spiro atoms. The second-order valence-electron chi connectivity index (χ2n) is 3.91. The number of nitrogens with two attached hydrogens (primary N) is 1. The van der Waals surface area contributed by atoms with E-state index in [2.05, 4.69) is 0 Å². The van der Waals surface area contributed by atoms with Gasteiger partial charge < -0.3 is 19.9 Å². The van der Waals surface area contributed by atoms with Crippen molar-refractivity contribution in [1.82, 2.24) is 0 Å². The maximum Gasteiger partial charge on any atom is 0.142 e. The van der Waals surface area contributed by atoms with E-state index >= 15 is 0 Å². The first-order valence-corrected chi connectivity index (χ1v) is 6.04. The lowest BCUT2D eigenvalue weighted by Crippen LogP contribution is -2.09. The Morgan fingerprint density at radius 2 is 1.63 bits per heavy atom. The molecule has 0 atom stereocenters. The van der Waals surface area contributed by atoms with Crippen molar-refractivity contribution in [2.75, 3.05) is 26.1 Å². The van der Waals surface area contributed by atoms with Crippen LogP contribution in [0.5, 0.6) is 17.2 Å². The fourth-order valence-corrected chi connectivity index (χ4v) is 1.61. The van der Waals surface area contributed by atoms with Crippen LogP contribution in [0.25, 0.3) is 0 Å². The van der Waals surface area contributed by atoms with Gasteiger partial charge in [0.1, 0.15) is 30.5 Å². The first kappa shape index (κ1) is 13.1. The molecule has 0 aliphatic carbocycles. The van der Waals surface area contributed by atoms with E-state index in [1.165, 1.54) is 0 Å². The average Bonchev–Trinajstić information content (AvgIpc) is 2.45. The van der Waals surface area contributed by atoms with Gasteiger partial charge in [0.05, 0.1) is 12.8 Å². The zero-order valence-electron chi connectivity index (χ0n) is 10.8. The van der Waals surface area contributed by atoms with E-state index < -0.39 is 0 Å². The second kappa shape index (κ2) is 6.54. The third-order valence-corrected chi connectivity index (χ3v) is 2.57. The van der Waals surface area contributed by atoms with Gasteiger partial charge in [0.25, 0.3) is 0 Å². The zero-order valence-corrected chi connectivity index (χ0v) is 10.8. The monoisotopic (exact) mass is 259 g/mol. The van der Waals surface area contributed by atoms with E-state index in [0.29, 0.717) is 24.7 Å². The predicted octanol–water partition coefficient (Wildman–Crippen LogP) is 2.74. The molecule has 0 saturated heterocycles. The van der Waals surface area contributed by atoms with Crippen LogP contribution < -0.4 is 19.9 Å². The Morgan fingerprint density at radius 3 is 2.42 bits per heavy atom. The van der Waals surface area contributed by atoms with Gasteiger partial charge in [0.15, 0.2) is 0 Å². The quantitative estimate of drug-likeness (QED) is 0.640. The maximum atomic E-state index is 5.77. The summed E-state index contributed by atoms with van der Waals surface area (Å²) in [6.07, 6.45) is 0. The lowest BCUT2D eigenvalue weighted by molar-refractivity contribution is 0.217.